The summed E-state index contributed by atoms with van der Waals surface area (Å²) in [6, 6.07) is 16.2. The minimum absolute atomic E-state index is 0.130. The summed E-state index contributed by atoms with van der Waals surface area (Å²) < 4.78 is 2.14. The van der Waals surface area contributed by atoms with Crippen LogP contribution in [0.1, 0.15) is 24.2 Å². The van der Waals surface area contributed by atoms with E-state index in [-0.39, 0.29) is 12.5 Å². The minimum atomic E-state index is -0.879. The summed E-state index contributed by atoms with van der Waals surface area (Å²) in [6.45, 7) is 5.45. The number of fused-ring (bicyclic) bond motifs is 3. The molecule has 3 N–H and O–H groups in total. The Hall–Kier alpha value is -3.78. The number of imidazole rings is 1. The molecule has 0 atom stereocenters. The number of carbonyl (C=O) groups excluding carboxylic acids is 1. The smallest absolute Gasteiger partial charge is 0.335 e. The molecule has 0 aliphatic rings. The van der Waals surface area contributed by atoms with E-state index in [1.807, 2.05) is 30.6 Å². The van der Waals surface area contributed by atoms with Gasteiger partial charge >= 0.3 is 5.97 Å². The van der Waals surface area contributed by atoms with Gasteiger partial charge in [0.05, 0.1) is 29.5 Å². The Balaban J connectivity index is 0.000000269. The van der Waals surface area contributed by atoms with Crippen LogP contribution in [-0.2, 0) is 11.3 Å². The molecule has 8 nitrogen and oxygen atoms in total. The number of hydrogen-bond donors (Lipinski definition) is 3. The number of nitrogens with one attached hydrogen (secondary N) is 2. The number of aromatic carboxylic acids is 1. The molecule has 0 saturated carbocycles. The molecular weight excluding hydrogens is 406 g/mol. The van der Waals surface area contributed by atoms with E-state index in [1.165, 1.54) is 0 Å². The van der Waals surface area contributed by atoms with Crippen LogP contribution in [0.4, 0.5) is 5.82 Å². The van der Waals surface area contributed by atoms with E-state index < -0.39 is 5.97 Å². The number of carboxylic acids is 1. The molecule has 0 bridgehead atoms. The fourth-order valence-electron chi connectivity index (χ4n) is 3.32. The van der Waals surface area contributed by atoms with Crippen molar-refractivity contribution in [2.45, 2.75) is 20.4 Å². The normalized spacial score (nSPS) is 10.8. The van der Waals surface area contributed by atoms with E-state index in [0.29, 0.717) is 17.3 Å². The Labute approximate surface area is 186 Å². The molecule has 4 aromatic rings. The molecule has 2 aromatic heterocycles. The van der Waals surface area contributed by atoms with Gasteiger partial charge in [-0.2, -0.15) is 0 Å². The largest absolute Gasteiger partial charge is 0.478 e. The standard InChI is InChI=1S/C17H21N5O.C7H6O2/c1-11(2)9-22-10-19-15-16(22)12-6-4-5-7-13(12)20-17(15)21-14(23)8-18-3;8-7(9)6-4-2-1-3-5-6/h4-7,10-11,18H,8-9H2,1-3H3,(H,20,21,23);1-5H,(H,8,9). The van der Waals surface area contributed by atoms with Gasteiger partial charge in [-0.25, -0.2) is 14.8 Å². The molecule has 1 amide bonds. The number of carboxylic acid groups (broad SMARTS) is 1. The Bertz CT molecular complexity index is 1220. The van der Waals surface area contributed by atoms with Crippen molar-refractivity contribution in [3.63, 3.8) is 0 Å². The number of nitrogens with zero attached hydrogens (tertiary/aromatic N) is 3. The molecule has 0 aliphatic carbocycles. The highest BCUT2D eigenvalue weighted by Gasteiger charge is 2.15. The van der Waals surface area contributed by atoms with Gasteiger partial charge < -0.3 is 20.3 Å². The van der Waals surface area contributed by atoms with E-state index in [2.05, 4.69) is 39.0 Å². The fraction of sp³-hybridized carbons (Fsp3) is 0.250. The van der Waals surface area contributed by atoms with E-state index in [9.17, 15) is 9.59 Å². The predicted molar refractivity (Wildman–Crippen MR) is 126 cm³/mol. The van der Waals surface area contributed by atoms with Crippen LogP contribution < -0.4 is 10.6 Å². The quantitative estimate of drug-likeness (QED) is 0.427. The summed E-state index contributed by atoms with van der Waals surface area (Å²) in [6.07, 6.45) is 1.83. The number of hydrogen-bond acceptors (Lipinski definition) is 5. The first-order valence-corrected chi connectivity index (χ1v) is 10.4. The summed E-state index contributed by atoms with van der Waals surface area (Å²) in [5.41, 5.74) is 2.93. The zero-order valence-electron chi connectivity index (χ0n) is 18.4. The van der Waals surface area contributed by atoms with Crippen molar-refractivity contribution < 1.29 is 14.7 Å². The second-order valence-corrected chi connectivity index (χ2v) is 7.72. The molecule has 8 heteroatoms. The highest BCUT2D eigenvalue weighted by atomic mass is 16.4. The number of anilines is 1. The summed E-state index contributed by atoms with van der Waals surface area (Å²) >= 11 is 0. The van der Waals surface area contributed by atoms with E-state index in [0.717, 1.165) is 28.5 Å². The summed E-state index contributed by atoms with van der Waals surface area (Å²) in [7, 11) is 1.74. The predicted octanol–water partition coefficient (Wildman–Crippen LogP) is 3.78. The Morgan fingerprint density at radius 2 is 1.75 bits per heavy atom. The third kappa shape index (κ3) is 5.47. The average Bonchev–Trinajstić information content (AvgIpc) is 3.19. The van der Waals surface area contributed by atoms with E-state index >= 15 is 0 Å². The van der Waals surface area contributed by atoms with Crippen LogP contribution in [0.15, 0.2) is 60.9 Å². The Kier molecular flexibility index (Phi) is 7.51. The second kappa shape index (κ2) is 10.5. The van der Waals surface area contributed by atoms with Gasteiger partial charge in [0, 0.05) is 11.9 Å². The van der Waals surface area contributed by atoms with Gasteiger partial charge in [0.1, 0.15) is 5.52 Å². The molecule has 0 fully saturated rings. The number of amides is 1. The fourth-order valence-corrected chi connectivity index (χ4v) is 3.32. The molecule has 0 saturated heterocycles. The Morgan fingerprint density at radius 3 is 2.38 bits per heavy atom. The maximum Gasteiger partial charge on any atom is 0.335 e. The average molecular weight is 434 g/mol. The van der Waals surface area contributed by atoms with Crippen molar-refractivity contribution in [3.8, 4) is 0 Å². The van der Waals surface area contributed by atoms with Crippen LogP contribution in [-0.4, -0.2) is 45.1 Å². The topological polar surface area (TPSA) is 109 Å². The summed E-state index contributed by atoms with van der Waals surface area (Å²) in [4.78, 5) is 31.2. The number of likely N-dealkylation sites (N-methyl/N-ethyl adjacent to an activating group) is 1. The number of pyridine rings is 1. The van der Waals surface area contributed by atoms with Gasteiger partial charge in [0.15, 0.2) is 5.82 Å². The van der Waals surface area contributed by atoms with Crippen LogP contribution in [0.2, 0.25) is 0 Å². The number of para-hydroxylation sites is 1. The van der Waals surface area contributed by atoms with Crippen molar-refractivity contribution in [3.05, 3.63) is 66.5 Å². The van der Waals surface area contributed by atoms with Crippen LogP contribution >= 0.6 is 0 Å². The van der Waals surface area contributed by atoms with Crippen molar-refractivity contribution in [2.75, 3.05) is 18.9 Å². The van der Waals surface area contributed by atoms with Crippen LogP contribution in [0, 0.1) is 5.92 Å². The van der Waals surface area contributed by atoms with Crippen molar-refractivity contribution >= 4 is 39.6 Å². The third-order valence-electron chi connectivity index (χ3n) is 4.63. The maximum absolute atomic E-state index is 11.9. The van der Waals surface area contributed by atoms with Crippen molar-refractivity contribution in [2.24, 2.45) is 5.92 Å². The number of aromatic nitrogens is 3. The van der Waals surface area contributed by atoms with Crippen LogP contribution in [0.5, 0.6) is 0 Å². The summed E-state index contributed by atoms with van der Waals surface area (Å²) in [5.74, 6) is 0.00806. The zero-order chi connectivity index (χ0) is 23.1. The number of benzene rings is 2. The van der Waals surface area contributed by atoms with Gasteiger partial charge in [-0.3, -0.25) is 4.79 Å². The van der Waals surface area contributed by atoms with Gasteiger partial charge in [-0.1, -0.05) is 50.2 Å². The second-order valence-electron chi connectivity index (χ2n) is 7.72. The molecule has 0 spiro atoms. The van der Waals surface area contributed by atoms with Crippen LogP contribution in [0.3, 0.4) is 0 Å². The van der Waals surface area contributed by atoms with Gasteiger partial charge in [-0.15, -0.1) is 0 Å². The molecule has 0 unspecified atom stereocenters. The van der Waals surface area contributed by atoms with E-state index in [4.69, 9.17) is 5.11 Å². The zero-order valence-corrected chi connectivity index (χ0v) is 18.4. The molecule has 4 rings (SSSR count). The van der Waals surface area contributed by atoms with Gasteiger partial charge in [0.2, 0.25) is 5.91 Å². The number of rotatable bonds is 6. The SMILES string of the molecule is CNCC(=O)Nc1nc2ccccc2c2c1ncn2CC(C)C.O=C(O)c1ccccc1. The molecule has 32 heavy (non-hydrogen) atoms. The first-order valence-electron chi connectivity index (χ1n) is 10.4. The molecule has 166 valence electrons. The first kappa shape index (κ1) is 22.9. The van der Waals surface area contributed by atoms with Gasteiger partial charge in [-0.05, 0) is 31.2 Å². The Morgan fingerprint density at radius 1 is 1.06 bits per heavy atom. The molecule has 2 heterocycles. The highest BCUT2D eigenvalue weighted by Crippen LogP contribution is 2.29. The molecule has 0 radical (unpaired) electrons. The lowest BCUT2D eigenvalue weighted by atomic mass is 10.1. The first-order chi connectivity index (χ1) is 15.4. The highest BCUT2D eigenvalue weighted by molar-refractivity contribution is 6.09. The summed E-state index contributed by atoms with van der Waals surface area (Å²) in [5, 5.41) is 15.1. The third-order valence-corrected chi connectivity index (χ3v) is 4.63. The van der Waals surface area contributed by atoms with Crippen LogP contribution in [0.25, 0.3) is 21.9 Å². The minimum Gasteiger partial charge on any atom is -0.478 e. The van der Waals surface area contributed by atoms with E-state index in [1.54, 1.807) is 37.4 Å². The lowest BCUT2D eigenvalue weighted by Gasteiger charge is -2.11. The van der Waals surface area contributed by atoms with Crippen molar-refractivity contribution in [1.29, 1.82) is 0 Å². The molecule has 2 aromatic carbocycles. The maximum atomic E-state index is 11.9. The lowest BCUT2D eigenvalue weighted by Crippen LogP contribution is -2.25. The van der Waals surface area contributed by atoms with Crippen molar-refractivity contribution in [1.82, 2.24) is 19.9 Å². The molecular formula is C24H27N5O3. The number of carbonyl (C=O) groups is 2. The van der Waals surface area contributed by atoms with Gasteiger partial charge in [0.25, 0.3) is 0 Å². The lowest BCUT2D eigenvalue weighted by molar-refractivity contribution is -0.115. The molecule has 0 aliphatic heterocycles. The monoisotopic (exact) mass is 433 g/mol.